The predicted octanol–water partition coefficient (Wildman–Crippen LogP) is 3.69. The van der Waals surface area contributed by atoms with E-state index in [9.17, 15) is 14.0 Å². The molecular formula is C17H14ClFN2O2. The SMILES string of the molecule is O=C(Nc1ccccc1F)C1CC1C(=O)Nc1ccccc1Cl. The molecule has 118 valence electrons. The van der Waals surface area contributed by atoms with Crippen LogP contribution >= 0.6 is 11.6 Å². The van der Waals surface area contributed by atoms with Crippen LogP contribution in [0.25, 0.3) is 0 Å². The second-order valence-electron chi connectivity index (χ2n) is 5.39. The minimum atomic E-state index is -0.501. The average molecular weight is 333 g/mol. The predicted molar refractivity (Wildman–Crippen MR) is 86.7 cm³/mol. The summed E-state index contributed by atoms with van der Waals surface area (Å²) in [4.78, 5) is 24.2. The van der Waals surface area contributed by atoms with Gasteiger partial charge in [-0.15, -0.1) is 0 Å². The Hall–Kier alpha value is -2.40. The first-order chi connectivity index (χ1) is 11.1. The highest BCUT2D eigenvalue weighted by molar-refractivity contribution is 6.33. The fourth-order valence-corrected chi connectivity index (χ4v) is 2.53. The Morgan fingerprint density at radius 3 is 2.04 bits per heavy atom. The van der Waals surface area contributed by atoms with E-state index in [1.165, 1.54) is 12.1 Å². The van der Waals surface area contributed by atoms with E-state index in [2.05, 4.69) is 10.6 Å². The molecule has 2 aromatic rings. The molecule has 2 unspecified atom stereocenters. The van der Waals surface area contributed by atoms with Crippen molar-refractivity contribution in [2.24, 2.45) is 11.8 Å². The van der Waals surface area contributed by atoms with Gasteiger partial charge in [-0.2, -0.15) is 0 Å². The lowest BCUT2D eigenvalue weighted by atomic mass is 10.2. The fraction of sp³-hybridized carbons (Fsp3) is 0.176. The van der Waals surface area contributed by atoms with Gasteiger partial charge in [-0.25, -0.2) is 4.39 Å². The number of rotatable bonds is 4. The second-order valence-corrected chi connectivity index (χ2v) is 5.79. The molecule has 1 aliphatic carbocycles. The Balaban J connectivity index is 1.58. The highest BCUT2D eigenvalue weighted by Crippen LogP contribution is 2.40. The molecule has 2 amide bonds. The van der Waals surface area contributed by atoms with Crippen LogP contribution in [0.15, 0.2) is 48.5 Å². The Labute approximate surface area is 137 Å². The molecule has 0 radical (unpaired) electrons. The molecule has 23 heavy (non-hydrogen) atoms. The van der Waals surface area contributed by atoms with Gasteiger partial charge in [-0.05, 0) is 30.7 Å². The number of halogens is 2. The summed E-state index contributed by atoms with van der Waals surface area (Å²) in [6, 6.07) is 12.8. The van der Waals surface area contributed by atoms with Crippen molar-refractivity contribution in [2.45, 2.75) is 6.42 Å². The minimum absolute atomic E-state index is 0.120. The molecule has 2 atom stereocenters. The van der Waals surface area contributed by atoms with Crippen LogP contribution < -0.4 is 10.6 Å². The number of amides is 2. The lowest BCUT2D eigenvalue weighted by Crippen LogP contribution is -2.21. The molecule has 0 spiro atoms. The van der Waals surface area contributed by atoms with Crippen LogP contribution in [-0.4, -0.2) is 11.8 Å². The van der Waals surface area contributed by atoms with Crippen LogP contribution in [0.3, 0.4) is 0 Å². The topological polar surface area (TPSA) is 58.2 Å². The first-order valence-corrected chi connectivity index (χ1v) is 7.55. The molecular weight excluding hydrogens is 319 g/mol. The van der Waals surface area contributed by atoms with E-state index in [0.29, 0.717) is 17.1 Å². The molecule has 0 heterocycles. The van der Waals surface area contributed by atoms with E-state index in [-0.39, 0.29) is 17.5 Å². The molecule has 1 aliphatic rings. The summed E-state index contributed by atoms with van der Waals surface area (Å²) in [7, 11) is 0. The molecule has 6 heteroatoms. The second kappa shape index (κ2) is 6.38. The third kappa shape index (κ3) is 3.51. The van der Waals surface area contributed by atoms with Gasteiger partial charge in [0.05, 0.1) is 28.2 Å². The smallest absolute Gasteiger partial charge is 0.228 e. The fourth-order valence-electron chi connectivity index (χ4n) is 2.35. The number of nitrogens with one attached hydrogen (secondary N) is 2. The van der Waals surface area contributed by atoms with E-state index >= 15 is 0 Å². The van der Waals surface area contributed by atoms with Gasteiger partial charge in [0.1, 0.15) is 5.82 Å². The minimum Gasteiger partial charge on any atom is -0.325 e. The summed E-state index contributed by atoms with van der Waals surface area (Å²) in [5.74, 6) is -1.98. The lowest BCUT2D eigenvalue weighted by Gasteiger charge is -2.07. The third-order valence-corrected chi connectivity index (χ3v) is 4.06. The lowest BCUT2D eigenvalue weighted by molar-refractivity contribution is -0.122. The largest absolute Gasteiger partial charge is 0.325 e. The van der Waals surface area contributed by atoms with Crippen molar-refractivity contribution in [2.75, 3.05) is 10.6 Å². The van der Waals surface area contributed by atoms with Crippen molar-refractivity contribution in [3.05, 3.63) is 59.4 Å². The van der Waals surface area contributed by atoms with Crippen molar-refractivity contribution in [1.82, 2.24) is 0 Å². The van der Waals surface area contributed by atoms with E-state index in [1.54, 1.807) is 36.4 Å². The maximum Gasteiger partial charge on any atom is 0.228 e. The van der Waals surface area contributed by atoms with Crippen LogP contribution in [0.2, 0.25) is 5.02 Å². The zero-order valence-corrected chi connectivity index (χ0v) is 12.8. The van der Waals surface area contributed by atoms with E-state index in [0.717, 1.165) is 0 Å². The van der Waals surface area contributed by atoms with Gasteiger partial charge < -0.3 is 10.6 Å². The van der Waals surface area contributed by atoms with Crippen molar-refractivity contribution in [3.8, 4) is 0 Å². The average Bonchev–Trinajstić information content (AvgIpc) is 3.32. The number of benzene rings is 2. The summed E-state index contributed by atoms with van der Waals surface area (Å²) < 4.78 is 13.5. The third-order valence-electron chi connectivity index (χ3n) is 3.73. The zero-order chi connectivity index (χ0) is 16.4. The van der Waals surface area contributed by atoms with Crippen molar-refractivity contribution in [1.29, 1.82) is 0 Å². The maximum atomic E-state index is 13.5. The van der Waals surface area contributed by atoms with Gasteiger partial charge in [0.2, 0.25) is 11.8 Å². The number of hydrogen-bond donors (Lipinski definition) is 2. The van der Waals surface area contributed by atoms with Crippen LogP contribution in [0.4, 0.5) is 15.8 Å². The number of carbonyl (C=O) groups excluding carboxylic acids is 2. The van der Waals surface area contributed by atoms with Gasteiger partial charge in [0, 0.05) is 0 Å². The Morgan fingerprint density at radius 1 is 0.913 bits per heavy atom. The van der Waals surface area contributed by atoms with E-state index in [1.807, 2.05) is 0 Å². The van der Waals surface area contributed by atoms with Gasteiger partial charge in [0.15, 0.2) is 0 Å². The van der Waals surface area contributed by atoms with Crippen LogP contribution in [0, 0.1) is 17.7 Å². The highest BCUT2D eigenvalue weighted by atomic mass is 35.5. The number of para-hydroxylation sites is 2. The van der Waals surface area contributed by atoms with Gasteiger partial charge in [-0.3, -0.25) is 9.59 Å². The summed E-state index contributed by atoms with van der Waals surface area (Å²) in [5, 5.41) is 5.66. The Morgan fingerprint density at radius 2 is 1.43 bits per heavy atom. The molecule has 2 aromatic carbocycles. The first kappa shape index (κ1) is 15.5. The van der Waals surface area contributed by atoms with Gasteiger partial charge in [0.25, 0.3) is 0 Å². The Bertz CT molecular complexity index is 702. The molecule has 3 rings (SSSR count). The first-order valence-electron chi connectivity index (χ1n) is 7.17. The molecule has 1 saturated carbocycles. The van der Waals surface area contributed by atoms with Crippen LogP contribution in [0.5, 0.6) is 0 Å². The summed E-state index contributed by atoms with van der Waals surface area (Å²) in [6.07, 6.45) is 0.441. The normalized spacial score (nSPS) is 19.0. The van der Waals surface area contributed by atoms with Gasteiger partial charge >= 0.3 is 0 Å². The van der Waals surface area contributed by atoms with E-state index < -0.39 is 17.7 Å². The van der Waals surface area contributed by atoms with Crippen LogP contribution in [-0.2, 0) is 9.59 Å². The van der Waals surface area contributed by atoms with Crippen LogP contribution in [0.1, 0.15) is 6.42 Å². The van der Waals surface area contributed by atoms with Crippen molar-refractivity contribution >= 4 is 34.8 Å². The van der Waals surface area contributed by atoms with Crippen molar-refractivity contribution in [3.63, 3.8) is 0 Å². The number of carbonyl (C=O) groups is 2. The molecule has 0 aliphatic heterocycles. The van der Waals surface area contributed by atoms with Crippen molar-refractivity contribution < 1.29 is 14.0 Å². The molecule has 4 nitrogen and oxygen atoms in total. The number of anilines is 2. The summed E-state index contributed by atoms with van der Waals surface area (Å²) in [5.41, 5.74) is 0.633. The maximum absolute atomic E-state index is 13.5. The molecule has 1 fully saturated rings. The molecule has 2 N–H and O–H groups in total. The Kier molecular flexibility index (Phi) is 4.30. The van der Waals surface area contributed by atoms with Gasteiger partial charge in [-0.1, -0.05) is 35.9 Å². The number of hydrogen-bond acceptors (Lipinski definition) is 2. The molecule has 0 bridgehead atoms. The van der Waals surface area contributed by atoms with E-state index in [4.69, 9.17) is 11.6 Å². The highest BCUT2D eigenvalue weighted by Gasteiger charge is 2.48. The molecule has 0 aromatic heterocycles. The standard InChI is InChI=1S/C17H14ClFN2O2/c18-12-5-1-3-7-14(12)20-16(22)10-9-11(10)17(23)21-15-8-4-2-6-13(15)19/h1-8,10-11H,9H2,(H,20,22)(H,21,23). The monoisotopic (exact) mass is 332 g/mol. The zero-order valence-electron chi connectivity index (χ0n) is 12.1. The summed E-state index contributed by atoms with van der Waals surface area (Å²) in [6.45, 7) is 0. The molecule has 0 saturated heterocycles. The quantitative estimate of drug-likeness (QED) is 0.897. The summed E-state index contributed by atoms with van der Waals surface area (Å²) >= 11 is 5.98.